The van der Waals surface area contributed by atoms with E-state index in [1.165, 1.54) is 0 Å². The molecule has 0 N–H and O–H groups in total. The van der Waals surface area contributed by atoms with E-state index in [2.05, 4.69) is 11.6 Å². The molecule has 0 aromatic carbocycles. The third-order valence-corrected chi connectivity index (χ3v) is 4.57. The zero-order valence-electron chi connectivity index (χ0n) is 7.20. The monoisotopic (exact) mass is 211 g/mol. The first-order valence-electron chi connectivity index (χ1n) is 3.58. The van der Waals surface area contributed by atoms with Crippen molar-refractivity contribution in [3.05, 3.63) is 10.3 Å². The van der Waals surface area contributed by atoms with Gasteiger partial charge in [0, 0.05) is 0 Å². The molecular weight excluding hydrogens is 194 g/mol. The topological polar surface area (TPSA) is 0 Å². The Morgan fingerprint density at radius 2 is 1.70 bits per heavy atom. The maximum atomic E-state index is 13.0. The van der Waals surface area contributed by atoms with Crippen molar-refractivity contribution in [2.75, 3.05) is 0 Å². The second-order valence-electron chi connectivity index (χ2n) is 2.35. The summed E-state index contributed by atoms with van der Waals surface area (Å²) in [6, 6.07) is 0. The molecule has 0 atom stereocenters. The van der Waals surface area contributed by atoms with Crippen molar-refractivity contribution in [1.29, 1.82) is 0 Å². The van der Waals surface area contributed by atoms with Gasteiger partial charge in [-0.05, 0) is 0 Å². The average molecular weight is 210 g/mol. The molecule has 0 heterocycles. The maximum absolute atomic E-state index is 13.0. The third kappa shape index (κ3) is 2.85. The van der Waals surface area contributed by atoms with Crippen LogP contribution in [0.25, 0.3) is 0 Å². The Labute approximate surface area is 67.4 Å². The molecule has 0 aromatic heterocycles. The number of rotatable bonds is 3. The Balaban J connectivity index is 4.29. The van der Waals surface area contributed by atoms with Gasteiger partial charge in [0.15, 0.2) is 0 Å². The predicted octanol–water partition coefficient (Wildman–Crippen LogP) is 3.32. The Kier molecular flexibility index (Phi) is 5.02. The molecular formula is C8H16FSe+. The first-order chi connectivity index (χ1) is 4.63. The SMILES string of the molecule is CC/C(F)=C(/CC)[Se+](C)C. The van der Waals surface area contributed by atoms with E-state index < -0.39 is 13.9 Å². The van der Waals surface area contributed by atoms with Gasteiger partial charge in [-0.25, -0.2) is 0 Å². The third-order valence-electron chi connectivity index (χ3n) is 1.43. The van der Waals surface area contributed by atoms with Gasteiger partial charge in [-0.1, -0.05) is 0 Å². The summed E-state index contributed by atoms with van der Waals surface area (Å²) in [5, 5.41) is 0. The van der Waals surface area contributed by atoms with E-state index in [9.17, 15) is 4.39 Å². The van der Waals surface area contributed by atoms with Crippen LogP contribution in [0.1, 0.15) is 26.7 Å². The molecule has 0 amide bonds. The van der Waals surface area contributed by atoms with Crippen molar-refractivity contribution in [2.24, 2.45) is 0 Å². The van der Waals surface area contributed by atoms with Crippen molar-refractivity contribution < 1.29 is 4.39 Å². The van der Waals surface area contributed by atoms with Crippen LogP contribution in [-0.2, 0) is 0 Å². The van der Waals surface area contributed by atoms with Gasteiger partial charge in [0.2, 0.25) is 0 Å². The molecule has 0 aliphatic heterocycles. The van der Waals surface area contributed by atoms with E-state index in [0.29, 0.717) is 6.42 Å². The fraction of sp³-hybridized carbons (Fsp3) is 0.750. The van der Waals surface area contributed by atoms with Gasteiger partial charge in [-0.15, -0.1) is 0 Å². The summed E-state index contributed by atoms with van der Waals surface area (Å²) in [4.78, 5) is 0. The summed E-state index contributed by atoms with van der Waals surface area (Å²) in [6.45, 7) is 3.91. The molecule has 0 aliphatic carbocycles. The van der Waals surface area contributed by atoms with E-state index >= 15 is 0 Å². The van der Waals surface area contributed by atoms with Crippen molar-refractivity contribution >= 4 is 13.9 Å². The van der Waals surface area contributed by atoms with Gasteiger partial charge in [-0.2, -0.15) is 0 Å². The number of hydrogen-bond donors (Lipinski definition) is 0. The molecule has 0 aromatic rings. The van der Waals surface area contributed by atoms with Crippen LogP contribution in [0.5, 0.6) is 0 Å². The Morgan fingerprint density at radius 3 is 1.80 bits per heavy atom. The van der Waals surface area contributed by atoms with Crippen LogP contribution in [0.2, 0.25) is 11.6 Å². The van der Waals surface area contributed by atoms with Gasteiger partial charge in [-0.3, -0.25) is 0 Å². The second kappa shape index (κ2) is 4.92. The van der Waals surface area contributed by atoms with Crippen LogP contribution in [-0.4, -0.2) is 13.9 Å². The second-order valence-corrected chi connectivity index (χ2v) is 6.81. The molecule has 0 nitrogen and oxygen atoms in total. The molecule has 2 heteroatoms. The van der Waals surface area contributed by atoms with Crippen molar-refractivity contribution in [3.8, 4) is 0 Å². The Morgan fingerprint density at radius 1 is 1.20 bits per heavy atom. The van der Waals surface area contributed by atoms with Gasteiger partial charge >= 0.3 is 66.9 Å². The molecule has 0 fully saturated rings. The fourth-order valence-corrected chi connectivity index (χ4v) is 3.34. The molecule has 0 saturated carbocycles. The van der Waals surface area contributed by atoms with Crippen LogP contribution in [0.3, 0.4) is 0 Å². The zero-order valence-corrected chi connectivity index (χ0v) is 8.91. The number of allylic oxidation sites excluding steroid dienone is 2. The first-order valence-corrected chi connectivity index (χ1v) is 7.86. The van der Waals surface area contributed by atoms with Crippen LogP contribution >= 0.6 is 0 Å². The van der Waals surface area contributed by atoms with E-state index in [4.69, 9.17) is 0 Å². The van der Waals surface area contributed by atoms with Gasteiger partial charge in [0.1, 0.15) is 0 Å². The van der Waals surface area contributed by atoms with Gasteiger partial charge in [0.25, 0.3) is 0 Å². The fourth-order valence-electron chi connectivity index (χ4n) is 0.899. The minimum absolute atomic E-state index is 0.137. The summed E-state index contributed by atoms with van der Waals surface area (Å²) < 4.78 is 14.1. The summed E-state index contributed by atoms with van der Waals surface area (Å²) in [5.41, 5.74) is 0. The summed E-state index contributed by atoms with van der Waals surface area (Å²) in [6.07, 6.45) is 1.47. The molecule has 60 valence electrons. The normalized spacial score (nSPS) is 13.8. The molecule has 0 radical (unpaired) electrons. The van der Waals surface area contributed by atoms with E-state index in [0.717, 1.165) is 10.9 Å². The van der Waals surface area contributed by atoms with Crippen LogP contribution in [0.15, 0.2) is 10.3 Å². The molecule has 0 aliphatic rings. The first kappa shape index (κ1) is 10.2. The van der Waals surface area contributed by atoms with E-state index in [1.54, 1.807) is 0 Å². The summed E-state index contributed by atoms with van der Waals surface area (Å²) >= 11 is -0.734. The summed E-state index contributed by atoms with van der Waals surface area (Å²) in [5.74, 6) is 4.46. The van der Waals surface area contributed by atoms with Crippen molar-refractivity contribution in [3.63, 3.8) is 0 Å². The van der Waals surface area contributed by atoms with Gasteiger partial charge in [0.05, 0.1) is 0 Å². The standard InChI is InChI=1S/C8H16FSe/c1-5-7(9)8(6-2)10(3)4/h5-6H2,1-4H3/q+1/b8-7+. The van der Waals surface area contributed by atoms with Crippen molar-refractivity contribution in [2.45, 2.75) is 38.3 Å². The molecule has 0 saturated heterocycles. The molecule has 0 bridgehead atoms. The summed E-state index contributed by atoms with van der Waals surface area (Å²) in [7, 11) is 0. The average Bonchev–Trinajstić information content (AvgIpc) is 1.88. The molecule has 10 heavy (non-hydrogen) atoms. The number of halogens is 1. The van der Waals surface area contributed by atoms with Gasteiger partial charge < -0.3 is 0 Å². The Hall–Kier alpha value is 0.189. The van der Waals surface area contributed by atoms with Crippen molar-refractivity contribution in [1.82, 2.24) is 0 Å². The van der Waals surface area contributed by atoms with Crippen LogP contribution in [0, 0.1) is 0 Å². The van der Waals surface area contributed by atoms with Crippen LogP contribution in [0.4, 0.5) is 4.39 Å². The van der Waals surface area contributed by atoms with E-state index in [1.807, 2.05) is 13.8 Å². The molecule has 0 rings (SSSR count). The predicted molar refractivity (Wildman–Crippen MR) is 46.2 cm³/mol. The van der Waals surface area contributed by atoms with Crippen LogP contribution < -0.4 is 0 Å². The zero-order chi connectivity index (χ0) is 8.15. The Bertz CT molecular complexity index is 127. The number of hydrogen-bond acceptors (Lipinski definition) is 0. The van der Waals surface area contributed by atoms with E-state index in [-0.39, 0.29) is 5.83 Å². The molecule has 0 unspecified atom stereocenters. The minimum atomic E-state index is -0.734. The molecule has 0 spiro atoms. The quantitative estimate of drug-likeness (QED) is 0.627.